The van der Waals surface area contributed by atoms with Crippen LogP contribution in [-0.4, -0.2) is 53.7 Å². The second-order valence-corrected chi connectivity index (χ2v) is 5.33. The van der Waals surface area contributed by atoms with Crippen molar-refractivity contribution in [3.8, 4) is 0 Å². The van der Waals surface area contributed by atoms with Crippen molar-refractivity contribution >= 4 is 11.9 Å². The molecule has 0 aromatic carbocycles. The van der Waals surface area contributed by atoms with Crippen LogP contribution < -0.4 is 5.32 Å². The molecule has 2 heterocycles. The van der Waals surface area contributed by atoms with Gasteiger partial charge in [0.2, 0.25) is 5.91 Å². The van der Waals surface area contributed by atoms with E-state index >= 15 is 0 Å². The van der Waals surface area contributed by atoms with Gasteiger partial charge in [0.1, 0.15) is 18.1 Å². The second kappa shape index (κ2) is 6.73. The average molecular weight is 296 g/mol. The van der Waals surface area contributed by atoms with Gasteiger partial charge in [-0.25, -0.2) is 4.79 Å². The van der Waals surface area contributed by atoms with E-state index in [1.54, 1.807) is 0 Å². The van der Waals surface area contributed by atoms with Crippen LogP contribution in [0.2, 0.25) is 0 Å². The summed E-state index contributed by atoms with van der Waals surface area (Å²) in [5.74, 6) is -0.590. The zero-order valence-electron chi connectivity index (χ0n) is 12.2. The number of furan rings is 1. The summed E-state index contributed by atoms with van der Waals surface area (Å²) in [6.07, 6.45) is 1.21. The van der Waals surface area contributed by atoms with Crippen LogP contribution >= 0.6 is 0 Å². The molecule has 1 aromatic rings. The monoisotopic (exact) mass is 296 g/mol. The lowest BCUT2D eigenvalue weighted by atomic mass is 10.2. The summed E-state index contributed by atoms with van der Waals surface area (Å²) < 4.78 is 10.6. The van der Waals surface area contributed by atoms with E-state index in [1.165, 1.54) is 12.3 Å². The topological polar surface area (TPSA) is 92.0 Å². The first-order valence-electron chi connectivity index (χ1n) is 6.90. The first kappa shape index (κ1) is 15.5. The van der Waals surface area contributed by atoms with Gasteiger partial charge in [0.05, 0.1) is 25.3 Å². The highest BCUT2D eigenvalue weighted by Crippen LogP contribution is 2.15. The van der Waals surface area contributed by atoms with E-state index in [1.807, 2.05) is 18.7 Å². The fourth-order valence-corrected chi connectivity index (χ4v) is 2.23. The Balaban J connectivity index is 2.04. The third-order valence-electron chi connectivity index (χ3n) is 3.23. The Bertz CT molecular complexity index is 511. The molecule has 2 N–H and O–H groups in total. The maximum absolute atomic E-state index is 12.2. The van der Waals surface area contributed by atoms with E-state index < -0.39 is 5.97 Å². The molecule has 0 saturated carbocycles. The molecular formula is C14H20N2O5. The maximum Gasteiger partial charge on any atom is 0.338 e. The predicted octanol–water partition coefficient (Wildman–Crippen LogP) is 0.703. The minimum Gasteiger partial charge on any atom is -0.478 e. The van der Waals surface area contributed by atoms with Crippen LogP contribution in [0, 0.1) is 0 Å². The molecule has 116 valence electrons. The number of nitrogens with one attached hydrogen (secondary N) is 1. The molecule has 7 heteroatoms. The summed E-state index contributed by atoms with van der Waals surface area (Å²) in [5.41, 5.74) is 0.112. The molecule has 1 aliphatic heterocycles. The number of morpholine rings is 1. The van der Waals surface area contributed by atoms with Crippen LogP contribution in [0.5, 0.6) is 0 Å². The molecule has 0 spiro atoms. The minimum atomic E-state index is -1.03. The number of carbonyl (C=O) groups excluding carboxylic acids is 1. The lowest BCUT2D eigenvalue weighted by Gasteiger charge is -2.34. The molecule has 0 bridgehead atoms. The predicted molar refractivity (Wildman–Crippen MR) is 74.0 cm³/mol. The highest BCUT2D eigenvalue weighted by molar-refractivity contribution is 5.87. The smallest absolute Gasteiger partial charge is 0.338 e. The van der Waals surface area contributed by atoms with Crippen molar-refractivity contribution in [2.45, 2.75) is 32.5 Å². The lowest BCUT2D eigenvalue weighted by Crippen LogP contribution is -2.54. The summed E-state index contributed by atoms with van der Waals surface area (Å²) in [7, 11) is 0. The van der Waals surface area contributed by atoms with Crippen LogP contribution in [0.15, 0.2) is 16.7 Å². The molecule has 1 aromatic heterocycles. The third-order valence-corrected chi connectivity index (χ3v) is 3.23. The maximum atomic E-state index is 12.2. The number of hydrogen-bond acceptors (Lipinski definition) is 5. The summed E-state index contributed by atoms with van der Waals surface area (Å²) in [6, 6.07) is 1.15. The Labute approximate surface area is 122 Å². The van der Waals surface area contributed by atoms with E-state index in [0.29, 0.717) is 32.1 Å². The molecule has 0 radical (unpaired) electrons. The summed E-state index contributed by atoms with van der Waals surface area (Å²) in [6.45, 7) is 5.64. The normalized spacial score (nSPS) is 19.7. The van der Waals surface area contributed by atoms with Gasteiger partial charge in [0.25, 0.3) is 0 Å². The largest absolute Gasteiger partial charge is 0.478 e. The van der Waals surface area contributed by atoms with E-state index in [4.69, 9.17) is 14.3 Å². The van der Waals surface area contributed by atoms with Crippen LogP contribution in [-0.2, 0) is 16.1 Å². The number of carboxylic acid groups (broad SMARTS) is 1. The van der Waals surface area contributed by atoms with Gasteiger partial charge < -0.3 is 19.6 Å². The number of aromatic carboxylic acids is 1. The zero-order valence-corrected chi connectivity index (χ0v) is 12.2. The van der Waals surface area contributed by atoms with Crippen LogP contribution in [0.25, 0.3) is 0 Å². The van der Waals surface area contributed by atoms with E-state index in [0.717, 1.165) is 0 Å². The molecule has 21 heavy (non-hydrogen) atoms. The van der Waals surface area contributed by atoms with Gasteiger partial charge in [-0.1, -0.05) is 0 Å². The number of nitrogens with zero attached hydrogens (tertiary/aromatic N) is 1. The molecule has 1 unspecified atom stereocenters. The van der Waals surface area contributed by atoms with E-state index in [2.05, 4.69) is 5.32 Å². The highest BCUT2D eigenvalue weighted by Gasteiger charge is 2.30. The molecule has 1 aliphatic rings. The first-order chi connectivity index (χ1) is 9.97. The quantitative estimate of drug-likeness (QED) is 0.831. The molecule has 1 atom stereocenters. The number of hydrogen-bond donors (Lipinski definition) is 2. The van der Waals surface area contributed by atoms with Gasteiger partial charge in [-0.2, -0.15) is 0 Å². The zero-order chi connectivity index (χ0) is 15.4. The first-order valence-corrected chi connectivity index (χ1v) is 6.90. The number of amides is 1. The molecule has 1 amide bonds. The number of carboxylic acids is 1. The highest BCUT2D eigenvalue weighted by atomic mass is 16.5. The van der Waals surface area contributed by atoms with Crippen molar-refractivity contribution in [3.05, 3.63) is 23.7 Å². The minimum absolute atomic E-state index is 0.0588. The van der Waals surface area contributed by atoms with E-state index in [-0.39, 0.29) is 23.6 Å². The van der Waals surface area contributed by atoms with Gasteiger partial charge in [0, 0.05) is 12.6 Å². The van der Waals surface area contributed by atoms with Crippen molar-refractivity contribution in [2.75, 3.05) is 19.8 Å². The van der Waals surface area contributed by atoms with Crippen LogP contribution in [0.1, 0.15) is 30.0 Å². The Morgan fingerprint density at radius 2 is 2.29 bits per heavy atom. The molecule has 7 nitrogen and oxygen atoms in total. The Morgan fingerprint density at radius 1 is 1.52 bits per heavy atom. The van der Waals surface area contributed by atoms with Gasteiger partial charge in [0.15, 0.2) is 0 Å². The fourth-order valence-electron chi connectivity index (χ4n) is 2.23. The number of rotatable bonds is 5. The molecular weight excluding hydrogens is 276 g/mol. The summed E-state index contributed by atoms with van der Waals surface area (Å²) in [4.78, 5) is 24.9. The van der Waals surface area contributed by atoms with Crippen molar-refractivity contribution in [3.63, 3.8) is 0 Å². The standard InChI is InChI=1S/C14H20N2O5/c1-9(2)15-13(17)12-8-20-4-3-16(12)6-11-5-10(7-21-11)14(18)19/h5,7,9,12H,3-4,6,8H2,1-2H3,(H,15,17)(H,18,19). The molecule has 0 aliphatic carbocycles. The molecule has 1 fully saturated rings. The van der Waals surface area contributed by atoms with Gasteiger partial charge in [-0.05, 0) is 19.9 Å². The Hall–Kier alpha value is -1.86. The fraction of sp³-hybridized carbons (Fsp3) is 0.571. The van der Waals surface area contributed by atoms with Gasteiger partial charge in [-0.15, -0.1) is 0 Å². The Kier molecular flexibility index (Phi) is 4.98. The van der Waals surface area contributed by atoms with Gasteiger partial charge >= 0.3 is 5.97 Å². The number of carbonyl (C=O) groups is 2. The van der Waals surface area contributed by atoms with Crippen molar-refractivity contribution < 1.29 is 23.8 Å². The average Bonchev–Trinajstić information content (AvgIpc) is 2.87. The number of ether oxygens (including phenoxy) is 1. The summed E-state index contributed by atoms with van der Waals surface area (Å²) in [5, 5.41) is 11.8. The van der Waals surface area contributed by atoms with Gasteiger partial charge in [-0.3, -0.25) is 9.69 Å². The van der Waals surface area contributed by atoms with Crippen molar-refractivity contribution in [1.82, 2.24) is 10.2 Å². The van der Waals surface area contributed by atoms with E-state index in [9.17, 15) is 9.59 Å². The SMILES string of the molecule is CC(C)NC(=O)C1COCCN1Cc1cc(C(=O)O)co1. The summed E-state index contributed by atoms with van der Waals surface area (Å²) >= 11 is 0. The van der Waals surface area contributed by atoms with Crippen LogP contribution in [0.4, 0.5) is 0 Å². The second-order valence-electron chi connectivity index (χ2n) is 5.33. The third kappa shape index (κ3) is 4.05. The Morgan fingerprint density at radius 3 is 2.90 bits per heavy atom. The van der Waals surface area contributed by atoms with Crippen LogP contribution in [0.3, 0.4) is 0 Å². The van der Waals surface area contributed by atoms with Crippen molar-refractivity contribution in [2.24, 2.45) is 0 Å². The lowest BCUT2D eigenvalue weighted by molar-refractivity contribution is -0.133. The molecule has 1 saturated heterocycles. The van der Waals surface area contributed by atoms with Crippen molar-refractivity contribution in [1.29, 1.82) is 0 Å². The molecule has 2 rings (SSSR count).